The van der Waals surface area contributed by atoms with Gasteiger partial charge in [0.05, 0.1) is 5.39 Å². The van der Waals surface area contributed by atoms with Crippen LogP contribution in [0.5, 0.6) is 0 Å². The van der Waals surface area contributed by atoms with E-state index in [1.807, 2.05) is 24.8 Å². The van der Waals surface area contributed by atoms with E-state index in [2.05, 4.69) is 9.97 Å². The van der Waals surface area contributed by atoms with Crippen molar-refractivity contribution in [3.05, 3.63) is 17.3 Å². The standard InChI is InChI=1S/C14H17N3O2S/c1-8-4-3-5-17(11(8)14(18)19)12-10-6-9(2)20-13(10)16-7-15-12/h6-8,11H,3-5H2,1-2H3,(H,18,19). The number of aliphatic carboxylic acids is 1. The van der Waals surface area contributed by atoms with E-state index in [1.54, 1.807) is 11.3 Å². The number of piperidine rings is 1. The van der Waals surface area contributed by atoms with Crippen LogP contribution in [0.2, 0.25) is 0 Å². The lowest BCUT2D eigenvalue weighted by molar-refractivity contribution is -0.140. The fourth-order valence-electron chi connectivity index (χ4n) is 2.99. The maximum Gasteiger partial charge on any atom is 0.326 e. The number of aromatic nitrogens is 2. The average molecular weight is 291 g/mol. The highest BCUT2D eigenvalue weighted by Crippen LogP contribution is 2.34. The molecule has 0 amide bonds. The van der Waals surface area contributed by atoms with Crippen molar-refractivity contribution in [2.75, 3.05) is 11.4 Å². The van der Waals surface area contributed by atoms with Crippen LogP contribution in [0.25, 0.3) is 10.2 Å². The largest absolute Gasteiger partial charge is 0.480 e. The van der Waals surface area contributed by atoms with Crippen LogP contribution in [0.15, 0.2) is 12.4 Å². The second-order valence-electron chi connectivity index (χ2n) is 5.37. The van der Waals surface area contributed by atoms with Crippen molar-refractivity contribution in [3.63, 3.8) is 0 Å². The van der Waals surface area contributed by atoms with E-state index in [4.69, 9.17) is 0 Å². The molecule has 2 aromatic rings. The van der Waals surface area contributed by atoms with E-state index in [0.717, 1.165) is 35.4 Å². The topological polar surface area (TPSA) is 66.3 Å². The predicted molar refractivity (Wildman–Crippen MR) is 79.3 cm³/mol. The number of aryl methyl sites for hydroxylation is 1. The van der Waals surface area contributed by atoms with E-state index >= 15 is 0 Å². The Morgan fingerprint density at radius 2 is 2.30 bits per heavy atom. The van der Waals surface area contributed by atoms with E-state index in [-0.39, 0.29) is 5.92 Å². The van der Waals surface area contributed by atoms with Crippen molar-refractivity contribution in [2.24, 2.45) is 5.92 Å². The summed E-state index contributed by atoms with van der Waals surface area (Å²) in [5.74, 6) is 0.125. The Morgan fingerprint density at radius 1 is 1.50 bits per heavy atom. The predicted octanol–water partition coefficient (Wildman–Crippen LogP) is 2.69. The van der Waals surface area contributed by atoms with Crippen molar-refractivity contribution >= 4 is 33.3 Å². The Bertz CT molecular complexity index is 655. The zero-order valence-electron chi connectivity index (χ0n) is 11.5. The zero-order chi connectivity index (χ0) is 14.3. The molecule has 2 atom stereocenters. The molecule has 3 heterocycles. The quantitative estimate of drug-likeness (QED) is 0.921. The highest BCUT2D eigenvalue weighted by Gasteiger charge is 2.35. The van der Waals surface area contributed by atoms with Crippen LogP contribution in [0, 0.1) is 12.8 Å². The van der Waals surface area contributed by atoms with Gasteiger partial charge < -0.3 is 10.0 Å². The molecular weight excluding hydrogens is 274 g/mol. The molecule has 1 aliphatic heterocycles. The molecule has 2 aromatic heterocycles. The third-order valence-electron chi connectivity index (χ3n) is 3.89. The Labute approximate surface area is 121 Å². The molecule has 0 saturated carbocycles. The van der Waals surface area contributed by atoms with Gasteiger partial charge in [-0.2, -0.15) is 0 Å². The lowest BCUT2D eigenvalue weighted by Crippen LogP contribution is -2.49. The van der Waals surface area contributed by atoms with E-state index in [1.165, 1.54) is 11.2 Å². The lowest BCUT2D eigenvalue weighted by atomic mass is 9.90. The van der Waals surface area contributed by atoms with Gasteiger partial charge in [-0.3, -0.25) is 0 Å². The van der Waals surface area contributed by atoms with Crippen LogP contribution < -0.4 is 4.90 Å². The van der Waals surface area contributed by atoms with Crippen LogP contribution in [0.3, 0.4) is 0 Å². The molecule has 0 spiro atoms. The second-order valence-corrected chi connectivity index (χ2v) is 6.60. The number of fused-ring (bicyclic) bond motifs is 1. The first-order valence-corrected chi connectivity index (χ1v) is 7.60. The number of thiophene rings is 1. The van der Waals surface area contributed by atoms with Gasteiger partial charge in [0.1, 0.15) is 23.0 Å². The molecule has 5 nitrogen and oxygen atoms in total. The van der Waals surface area contributed by atoms with Crippen molar-refractivity contribution in [1.29, 1.82) is 0 Å². The van der Waals surface area contributed by atoms with Crippen molar-refractivity contribution in [2.45, 2.75) is 32.7 Å². The summed E-state index contributed by atoms with van der Waals surface area (Å²) in [6.07, 6.45) is 3.48. The van der Waals surface area contributed by atoms with Crippen LogP contribution in [0.4, 0.5) is 5.82 Å². The Balaban J connectivity index is 2.10. The molecule has 2 unspecified atom stereocenters. The third-order valence-corrected chi connectivity index (χ3v) is 4.85. The van der Waals surface area contributed by atoms with Gasteiger partial charge in [0, 0.05) is 11.4 Å². The first kappa shape index (κ1) is 13.3. The van der Waals surface area contributed by atoms with Crippen molar-refractivity contribution in [3.8, 4) is 0 Å². The lowest BCUT2D eigenvalue weighted by Gasteiger charge is -2.38. The summed E-state index contributed by atoms with van der Waals surface area (Å²) in [4.78, 5) is 24.3. The molecule has 1 saturated heterocycles. The van der Waals surface area contributed by atoms with E-state index in [0.29, 0.717) is 0 Å². The molecule has 0 aliphatic carbocycles. The van der Waals surface area contributed by atoms with Gasteiger partial charge in [-0.05, 0) is 31.7 Å². The summed E-state index contributed by atoms with van der Waals surface area (Å²) >= 11 is 1.62. The molecule has 1 N–H and O–H groups in total. The number of carboxylic acid groups (broad SMARTS) is 1. The third kappa shape index (κ3) is 2.14. The van der Waals surface area contributed by atoms with Gasteiger partial charge in [0.15, 0.2) is 0 Å². The van der Waals surface area contributed by atoms with Crippen LogP contribution in [-0.4, -0.2) is 33.6 Å². The maximum atomic E-state index is 11.6. The average Bonchev–Trinajstić information content (AvgIpc) is 2.77. The molecular formula is C14H17N3O2S. The summed E-state index contributed by atoms with van der Waals surface area (Å²) in [5, 5.41) is 10.5. The number of nitrogens with zero attached hydrogens (tertiary/aromatic N) is 3. The number of hydrogen-bond acceptors (Lipinski definition) is 5. The normalized spacial score (nSPS) is 23.2. The monoisotopic (exact) mass is 291 g/mol. The van der Waals surface area contributed by atoms with Gasteiger partial charge in [-0.1, -0.05) is 6.92 Å². The van der Waals surface area contributed by atoms with E-state index < -0.39 is 12.0 Å². The molecule has 0 aromatic carbocycles. The smallest absolute Gasteiger partial charge is 0.326 e. The van der Waals surface area contributed by atoms with Gasteiger partial charge in [-0.25, -0.2) is 14.8 Å². The Hall–Kier alpha value is -1.69. The number of carbonyl (C=O) groups is 1. The number of anilines is 1. The minimum atomic E-state index is -0.768. The summed E-state index contributed by atoms with van der Waals surface area (Å²) in [6.45, 7) is 4.77. The molecule has 1 aliphatic rings. The van der Waals surface area contributed by atoms with Gasteiger partial charge in [0.25, 0.3) is 0 Å². The van der Waals surface area contributed by atoms with Gasteiger partial charge >= 0.3 is 5.97 Å². The molecule has 3 rings (SSSR count). The highest BCUT2D eigenvalue weighted by molar-refractivity contribution is 7.18. The van der Waals surface area contributed by atoms with Crippen LogP contribution >= 0.6 is 11.3 Å². The molecule has 0 bridgehead atoms. The fraction of sp³-hybridized carbons (Fsp3) is 0.500. The van der Waals surface area contributed by atoms with Gasteiger partial charge in [-0.15, -0.1) is 11.3 Å². The Kier molecular flexibility index (Phi) is 3.33. The zero-order valence-corrected chi connectivity index (χ0v) is 12.4. The van der Waals surface area contributed by atoms with Crippen molar-refractivity contribution < 1.29 is 9.90 Å². The molecule has 0 radical (unpaired) electrons. The highest BCUT2D eigenvalue weighted by atomic mass is 32.1. The summed E-state index contributed by atoms with van der Waals surface area (Å²) in [7, 11) is 0. The Morgan fingerprint density at radius 3 is 3.05 bits per heavy atom. The maximum absolute atomic E-state index is 11.6. The second kappa shape index (κ2) is 5.01. The van der Waals surface area contributed by atoms with Crippen molar-refractivity contribution in [1.82, 2.24) is 9.97 Å². The molecule has 106 valence electrons. The van der Waals surface area contributed by atoms with Crippen LogP contribution in [0.1, 0.15) is 24.6 Å². The minimum absolute atomic E-state index is 0.131. The number of carboxylic acids is 1. The summed E-state index contributed by atoms with van der Waals surface area (Å²) < 4.78 is 0. The summed E-state index contributed by atoms with van der Waals surface area (Å²) in [5.41, 5.74) is 0. The first-order valence-electron chi connectivity index (χ1n) is 6.78. The first-order chi connectivity index (χ1) is 9.58. The van der Waals surface area contributed by atoms with Crippen LogP contribution in [-0.2, 0) is 4.79 Å². The molecule has 1 fully saturated rings. The molecule has 6 heteroatoms. The minimum Gasteiger partial charge on any atom is -0.480 e. The number of rotatable bonds is 2. The SMILES string of the molecule is Cc1cc2c(N3CCCC(C)C3C(=O)O)ncnc2s1. The number of hydrogen-bond donors (Lipinski definition) is 1. The van der Waals surface area contributed by atoms with Gasteiger partial charge in [0.2, 0.25) is 0 Å². The molecule has 20 heavy (non-hydrogen) atoms. The fourth-order valence-corrected chi connectivity index (χ4v) is 3.84. The van der Waals surface area contributed by atoms with E-state index in [9.17, 15) is 9.90 Å². The summed E-state index contributed by atoms with van der Waals surface area (Å²) in [6, 6.07) is 1.55.